The number of guanidine groups is 1. The van der Waals surface area contributed by atoms with E-state index < -0.39 is 0 Å². The van der Waals surface area contributed by atoms with E-state index in [0.29, 0.717) is 18.4 Å². The second-order valence-electron chi connectivity index (χ2n) is 7.24. The quantitative estimate of drug-likeness (QED) is 0.546. The molecule has 1 unspecified atom stereocenters. The lowest BCUT2D eigenvalue weighted by Crippen LogP contribution is -2.39. The van der Waals surface area contributed by atoms with Gasteiger partial charge in [-0.2, -0.15) is 5.10 Å². The molecule has 1 aliphatic rings. The fourth-order valence-electron chi connectivity index (χ4n) is 3.71. The average Bonchev–Trinajstić information content (AvgIpc) is 3.45. The van der Waals surface area contributed by atoms with Crippen molar-refractivity contribution in [1.82, 2.24) is 25.0 Å². The van der Waals surface area contributed by atoms with Crippen LogP contribution < -0.4 is 5.32 Å². The highest BCUT2D eigenvalue weighted by Crippen LogP contribution is 2.21. The summed E-state index contributed by atoms with van der Waals surface area (Å²) < 4.78 is 7.48. The molecule has 7 heteroatoms. The Morgan fingerprint density at radius 1 is 1.32 bits per heavy atom. The number of rotatable bonds is 5. The number of hydrogen-bond acceptors (Lipinski definition) is 4. The molecule has 0 radical (unpaired) electrons. The minimum absolute atomic E-state index is 0.590. The minimum atomic E-state index is 0.590. The number of nitrogens with one attached hydrogen (secondary N) is 1. The summed E-state index contributed by atoms with van der Waals surface area (Å²) in [5.74, 6) is 2.18. The monoisotopic (exact) mass is 378 g/mol. The largest absolute Gasteiger partial charge is 0.444 e. The van der Waals surface area contributed by atoms with Gasteiger partial charge < -0.3 is 14.6 Å². The maximum Gasteiger partial charge on any atom is 0.226 e. The van der Waals surface area contributed by atoms with Crippen molar-refractivity contribution >= 4 is 5.96 Å². The van der Waals surface area contributed by atoms with Crippen molar-refractivity contribution < 1.29 is 4.42 Å². The molecule has 4 rings (SSSR count). The molecule has 0 bridgehead atoms. The van der Waals surface area contributed by atoms with Gasteiger partial charge in [-0.05, 0) is 36.5 Å². The first-order valence-electron chi connectivity index (χ1n) is 9.64. The summed E-state index contributed by atoms with van der Waals surface area (Å²) in [5, 5.41) is 7.68. The van der Waals surface area contributed by atoms with E-state index in [9.17, 15) is 0 Å². The highest BCUT2D eigenvalue weighted by Gasteiger charge is 2.25. The topological polar surface area (TPSA) is 71.5 Å². The van der Waals surface area contributed by atoms with E-state index >= 15 is 0 Å². The predicted octanol–water partition coefficient (Wildman–Crippen LogP) is 2.72. The molecule has 7 nitrogen and oxygen atoms in total. The molecule has 3 heterocycles. The molecule has 28 heavy (non-hydrogen) atoms. The third-order valence-corrected chi connectivity index (χ3v) is 5.08. The fourth-order valence-corrected chi connectivity index (χ4v) is 3.71. The van der Waals surface area contributed by atoms with Crippen molar-refractivity contribution in [3.05, 3.63) is 60.2 Å². The van der Waals surface area contributed by atoms with E-state index in [1.165, 1.54) is 5.56 Å². The van der Waals surface area contributed by atoms with Crippen LogP contribution in [-0.4, -0.2) is 45.8 Å². The molecule has 2 aromatic heterocycles. The molecule has 1 aliphatic heterocycles. The van der Waals surface area contributed by atoms with Crippen LogP contribution in [0, 0.1) is 5.92 Å². The van der Waals surface area contributed by atoms with E-state index in [1.807, 2.05) is 55.3 Å². The van der Waals surface area contributed by atoms with Crippen LogP contribution in [0.3, 0.4) is 0 Å². The van der Waals surface area contributed by atoms with E-state index in [4.69, 9.17) is 4.42 Å². The van der Waals surface area contributed by atoms with Crippen molar-refractivity contribution in [3.63, 3.8) is 0 Å². The Balaban J connectivity index is 1.31. The Morgan fingerprint density at radius 3 is 2.93 bits per heavy atom. The van der Waals surface area contributed by atoms with Gasteiger partial charge >= 0.3 is 0 Å². The van der Waals surface area contributed by atoms with Gasteiger partial charge in [0.15, 0.2) is 5.96 Å². The van der Waals surface area contributed by atoms with Gasteiger partial charge in [0, 0.05) is 38.9 Å². The van der Waals surface area contributed by atoms with Crippen molar-refractivity contribution in [2.45, 2.75) is 19.4 Å². The van der Waals surface area contributed by atoms with Crippen LogP contribution in [0.5, 0.6) is 0 Å². The summed E-state index contributed by atoms with van der Waals surface area (Å²) in [4.78, 5) is 11.3. The molecule has 3 aromatic rings. The van der Waals surface area contributed by atoms with Crippen molar-refractivity contribution in [1.29, 1.82) is 0 Å². The molecule has 146 valence electrons. The summed E-state index contributed by atoms with van der Waals surface area (Å²) in [5.41, 5.74) is 3.15. The Labute approximate surface area is 165 Å². The summed E-state index contributed by atoms with van der Waals surface area (Å²) in [6.45, 7) is 2.61. The van der Waals surface area contributed by atoms with E-state index in [-0.39, 0.29) is 0 Å². The van der Waals surface area contributed by atoms with Gasteiger partial charge in [0.1, 0.15) is 6.26 Å². The number of aliphatic imine (C=N–C) groups is 1. The van der Waals surface area contributed by atoms with Gasteiger partial charge in [-0.3, -0.25) is 9.67 Å². The van der Waals surface area contributed by atoms with Crippen molar-refractivity contribution in [2.24, 2.45) is 18.0 Å². The number of aryl methyl sites for hydroxylation is 1. The molecule has 0 saturated carbocycles. The summed E-state index contributed by atoms with van der Waals surface area (Å²) in [7, 11) is 3.79. The highest BCUT2D eigenvalue weighted by molar-refractivity contribution is 5.80. The van der Waals surface area contributed by atoms with Crippen molar-refractivity contribution in [3.8, 4) is 11.5 Å². The molecule has 0 amide bonds. The van der Waals surface area contributed by atoms with Crippen molar-refractivity contribution in [2.75, 3.05) is 20.1 Å². The van der Waals surface area contributed by atoms with Crippen LogP contribution in [0.2, 0.25) is 0 Å². The first-order chi connectivity index (χ1) is 13.7. The molecule has 0 spiro atoms. The highest BCUT2D eigenvalue weighted by atomic mass is 16.3. The molecular formula is C21H26N6O. The summed E-state index contributed by atoms with van der Waals surface area (Å²) in [6.07, 6.45) is 8.00. The zero-order valence-electron chi connectivity index (χ0n) is 16.4. The predicted molar refractivity (Wildman–Crippen MR) is 109 cm³/mol. The zero-order chi connectivity index (χ0) is 19.3. The molecular weight excluding hydrogens is 352 g/mol. The van der Waals surface area contributed by atoms with E-state index in [1.54, 1.807) is 6.26 Å². The first-order valence-corrected chi connectivity index (χ1v) is 9.64. The van der Waals surface area contributed by atoms with Gasteiger partial charge in [-0.15, -0.1) is 0 Å². The molecule has 1 aromatic carbocycles. The maximum absolute atomic E-state index is 5.62. The number of hydrogen-bond donors (Lipinski definition) is 1. The Bertz CT molecular complexity index is 929. The molecule has 1 N–H and O–H groups in total. The van der Waals surface area contributed by atoms with Crippen LogP contribution in [0.25, 0.3) is 11.5 Å². The van der Waals surface area contributed by atoms with Crippen LogP contribution >= 0.6 is 0 Å². The standard InChI is InChI=1S/C21H26N6O/c1-22-21(27-9-8-16(14-27)10-17-11-24-26(2)13-17)23-12-19-15-28-20(25-19)18-6-4-3-5-7-18/h3-7,11,13,15-16H,8-10,12,14H2,1-2H3,(H,22,23). The number of nitrogens with zero attached hydrogens (tertiary/aromatic N) is 5. The molecule has 1 atom stereocenters. The Morgan fingerprint density at radius 2 is 2.18 bits per heavy atom. The van der Waals surface area contributed by atoms with E-state index in [2.05, 4.69) is 31.5 Å². The van der Waals surface area contributed by atoms with Gasteiger partial charge in [0.05, 0.1) is 18.4 Å². The lowest BCUT2D eigenvalue weighted by molar-refractivity contribution is 0.459. The lowest BCUT2D eigenvalue weighted by atomic mass is 10.0. The lowest BCUT2D eigenvalue weighted by Gasteiger charge is -2.21. The smallest absolute Gasteiger partial charge is 0.226 e. The van der Waals surface area contributed by atoms with Crippen LogP contribution in [-0.2, 0) is 20.0 Å². The average molecular weight is 378 g/mol. The van der Waals surface area contributed by atoms with Gasteiger partial charge in [0.2, 0.25) is 5.89 Å². The van der Waals surface area contributed by atoms with E-state index in [0.717, 1.165) is 43.1 Å². The second-order valence-corrected chi connectivity index (χ2v) is 7.24. The SMILES string of the molecule is CN=C(NCc1coc(-c2ccccc2)n1)N1CCC(Cc2cnn(C)c2)C1. The molecule has 1 fully saturated rings. The number of aromatic nitrogens is 3. The number of oxazole rings is 1. The summed E-state index contributed by atoms with van der Waals surface area (Å²) >= 11 is 0. The minimum Gasteiger partial charge on any atom is -0.444 e. The summed E-state index contributed by atoms with van der Waals surface area (Å²) in [6, 6.07) is 9.93. The van der Waals surface area contributed by atoms with Gasteiger partial charge in [0.25, 0.3) is 0 Å². The molecule has 0 aliphatic carbocycles. The maximum atomic E-state index is 5.62. The fraction of sp³-hybridized carbons (Fsp3) is 0.381. The third-order valence-electron chi connectivity index (χ3n) is 5.08. The first kappa shape index (κ1) is 18.3. The van der Waals surface area contributed by atoms with Crippen LogP contribution in [0.1, 0.15) is 17.7 Å². The number of benzene rings is 1. The van der Waals surface area contributed by atoms with Crippen LogP contribution in [0.15, 0.2) is 58.4 Å². The molecule has 1 saturated heterocycles. The van der Waals surface area contributed by atoms with Gasteiger partial charge in [-0.1, -0.05) is 18.2 Å². The second kappa shape index (κ2) is 8.29. The Kier molecular flexibility index (Phi) is 5.41. The zero-order valence-corrected chi connectivity index (χ0v) is 16.4. The third kappa shape index (κ3) is 4.24. The van der Waals surface area contributed by atoms with Gasteiger partial charge in [-0.25, -0.2) is 4.98 Å². The number of likely N-dealkylation sites (tertiary alicyclic amines) is 1. The Hall–Kier alpha value is -3.09. The van der Waals surface area contributed by atoms with Crippen LogP contribution in [0.4, 0.5) is 0 Å². The normalized spacial score (nSPS) is 17.3.